The van der Waals surface area contributed by atoms with E-state index in [1.54, 1.807) is 18.3 Å². The Labute approximate surface area is 143 Å². The van der Waals surface area contributed by atoms with Crippen LogP contribution < -0.4 is 10.1 Å². The molecule has 2 aromatic heterocycles. The molecule has 0 amide bonds. The summed E-state index contributed by atoms with van der Waals surface area (Å²) >= 11 is 0. The Kier molecular flexibility index (Phi) is 3.78. The van der Waals surface area contributed by atoms with Gasteiger partial charge in [-0.2, -0.15) is 4.98 Å². The van der Waals surface area contributed by atoms with Crippen molar-refractivity contribution in [3.05, 3.63) is 72.8 Å². The number of para-hydroxylation sites is 1. The lowest BCUT2D eigenvalue weighted by molar-refractivity contribution is 0.387. The lowest BCUT2D eigenvalue weighted by Crippen LogP contribution is -2.00. The van der Waals surface area contributed by atoms with Crippen molar-refractivity contribution in [1.82, 2.24) is 14.5 Å². The molecule has 1 N–H and O–H groups in total. The van der Waals surface area contributed by atoms with Gasteiger partial charge in [0.15, 0.2) is 11.6 Å². The van der Waals surface area contributed by atoms with E-state index in [0.717, 1.165) is 16.7 Å². The van der Waals surface area contributed by atoms with Crippen LogP contribution in [0.2, 0.25) is 0 Å². The van der Waals surface area contributed by atoms with E-state index >= 15 is 0 Å². The number of hydrogen-bond donors (Lipinski definition) is 1. The minimum absolute atomic E-state index is 0.165. The van der Waals surface area contributed by atoms with Crippen molar-refractivity contribution in [2.75, 3.05) is 12.4 Å². The summed E-state index contributed by atoms with van der Waals surface area (Å²) in [4.78, 5) is 8.91. The molecule has 0 aliphatic rings. The van der Waals surface area contributed by atoms with Crippen LogP contribution in [-0.2, 0) is 0 Å². The zero-order valence-corrected chi connectivity index (χ0v) is 13.5. The van der Waals surface area contributed by atoms with Crippen LogP contribution in [0.25, 0.3) is 16.7 Å². The second-order valence-electron chi connectivity index (χ2n) is 5.47. The largest absolute Gasteiger partial charge is 0.494 e. The third-order valence-corrected chi connectivity index (χ3v) is 3.87. The van der Waals surface area contributed by atoms with E-state index in [9.17, 15) is 4.39 Å². The molecule has 2 aromatic carbocycles. The molecule has 4 rings (SSSR count). The van der Waals surface area contributed by atoms with E-state index in [4.69, 9.17) is 4.74 Å². The molecule has 0 saturated carbocycles. The first-order valence-electron chi connectivity index (χ1n) is 7.75. The Bertz CT molecular complexity index is 1030. The molecule has 6 heteroatoms. The molecular weight excluding hydrogens is 319 g/mol. The summed E-state index contributed by atoms with van der Waals surface area (Å²) in [6, 6.07) is 16.4. The minimum Gasteiger partial charge on any atom is -0.494 e. The number of halogens is 1. The molecule has 25 heavy (non-hydrogen) atoms. The SMILES string of the molecule is COc1cc(Nc2ncc3ccn(-c4ccccc4)c3n2)ccc1F. The van der Waals surface area contributed by atoms with Crippen LogP contribution in [0.15, 0.2) is 67.0 Å². The summed E-state index contributed by atoms with van der Waals surface area (Å²) in [5.74, 6) is 0.179. The molecule has 5 nitrogen and oxygen atoms in total. The minimum atomic E-state index is -0.414. The van der Waals surface area contributed by atoms with Crippen LogP contribution in [0.3, 0.4) is 0 Å². The Morgan fingerprint density at radius 2 is 1.92 bits per heavy atom. The number of aromatic nitrogens is 3. The number of benzene rings is 2. The summed E-state index contributed by atoms with van der Waals surface area (Å²) in [6.45, 7) is 0. The third-order valence-electron chi connectivity index (χ3n) is 3.87. The normalized spacial score (nSPS) is 10.8. The number of methoxy groups -OCH3 is 1. The molecule has 0 unspecified atom stereocenters. The van der Waals surface area contributed by atoms with Crippen LogP contribution in [0.5, 0.6) is 5.75 Å². The van der Waals surface area contributed by atoms with Crippen LogP contribution in [0.1, 0.15) is 0 Å². The maximum atomic E-state index is 13.5. The van der Waals surface area contributed by atoms with Gasteiger partial charge in [0.25, 0.3) is 0 Å². The molecule has 0 fully saturated rings. The summed E-state index contributed by atoms with van der Waals surface area (Å²) in [5.41, 5.74) is 2.46. The predicted octanol–water partition coefficient (Wildman–Crippen LogP) is 4.31. The highest BCUT2D eigenvalue weighted by molar-refractivity contribution is 5.78. The molecule has 2 heterocycles. The fourth-order valence-electron chi connectivity index (χ4n) is 2.64. The van der Waals surface area contributed by atoms with Gasteiger partial charge in [-0.1, -0.05) is 18.2 Å². The highest BCUT2D eigenvalue weighted by Crippen LogP contribution is 2.24. The second-order valence-corrected chi connectivity index (χ2v) is 5.47. The van der Waals surface area contributed by atoms with Gasteiger partial charge in [0, 0.05) is 35.2 Å². The van der Waals surface area contributed by atoms with E-state index in [1.807, 2.05) is 47.2 Å². The zero-order chi connectivity index (χ0) is 17.2. The van der Waals surface area contributed by atoms with Gasteiger partial charge in [-0.15, -0.1) is 0 Å². The van der Waals surface area contributed by atoms with E-state index in [0.29, 0.717) is 11.6 Å². The van der Waals surface area contributed by atoms with Crippen molar-refractivity contribution in [1.29, 1.82) is 0 Å². The molecule has 0 aliphatic carbocycles. The number of hydrogen-bond acceptors (Lipinski definition) is 4. The first kappa shape index (κ1) is 15.1. The molecule has 124 valence electrons. The standard InChI is InChI=1S/C19H15FN4O/c1-25-17-11-14(7-8-16(17)20)22-19-21-12-13-9-10-24(18(13)23-19)15-5-3-2-4-6-15/h2-12H,1H3,(H,21,22,23). The summed E-state index contributed by atoms with van der Waals surface area (Å²) in [7, 11) is 1.43. The van der Waals surface area contributed by atoms with Crippen molar-refractivity contribution in [3.8, 4) is 11.4 Å². The molecule has 0 saturated heterocycles. The van der Waals surface area contributed by atoms with Gasteiger partial charge in [0.2, 0.25) is 5.95 Å². The number of ether oxygens (including phenoxy) is 1. The Morgan fingerprint density at radius 1 is 1.08 bits per heavy atom. The fraction of sp³-hybridized carbons (Fsp3) is 0.0526. The highest BCUT2D eigenvalue weighted by atomic mass is 19.1. The number of nitrogens with one attached hydrogen (secondary N) is 1. The lowest BCUT2D eigenvalue weighted by atomic mass is 10.3. The second kappa shape index (κ2) is 6.24. The number of nitrogens with zero attached hydrogens (tertiary/aromatic N) is 3. The molecular formula is C19H15FN4O. The Balaban J connectivity index is 1.72. The van der Waals surface area contributed by atoms with E-state index in [1.165, 1.54) is 13.2 Å². The van der Waals surface area contributed by atoms with Crippen LogP contribution in [0, 0.1) is 5.82 Å². The average Bonchev–Trinajstić information content (AvgIpc) is 3.07. The van der Waals surface area contributed by atoms with Gasteiger partial charge in [-0.05, 0) is 30.3 Å². The highest BCUT2D eigenvalue weighted by Gasteiger charge is 2.08. The van der Waals surface area contributed by atoms with Gasteiger partial charge in [-0.25, -0.2) is 9.37 Å². The summed E-state index contributed by atoms with van der Waals surface area (Å²) < 4.78 is 20.5. The fourth-order valence-corrected chi connectivity index (χ4v) is 2.64. The van der Waals surface area contributed by atoms with E-state index < -0.39 is 5.82 Å². The van der Waals surface area contributed by atoms with Crippen LogP contribution in [0.4, 0.5) is 16.0 Å². The predicted molar refractivity (Wildman–Crippen MR) is 95.1 cm³/mol. The molecule has 0 spiro atoms. The monoisotopic (exact) mass is 334 g/mol. The quantitative estimate of drug-likeness (QED) is 0.604. The van der Waals surface area contributed by atoms with Crippen molar-refractivity contribution in [2.45, 2.75) is 0 Å². The third kappa shape index (κ3) is 2.89. The molecule has 0 atom stereocenters. The molecule has 0 radical (unpaired) electrons. The van der Waals surface area contributed by atoms with Gasteiger partial charge in [-0.3, -0.25) is 0 Å². The maximum Gasteiger partial charge on any atom is 0.229 e. The number of fused-ring (bicyclic) bond motifs is 1. The topological polar surface area (TPSA) is 52.0 Å². The van der Waals surface area contributed by atoms with Gasteiger partial charge < -0.3 is 14.6 Å². The Morgan fingerprint density at radius 3 is 2.72 bits per heavy atom. The first-order chi connectivity index (χ1) is 12.2. The van der Waals surface area contributed by atoms with Gasteiger partial charge in [0.1, 0.15) is 5.65 Å². The lowest BCUT2D eigenvalue weighted by Gasteiger charge is -2.09. The maximum absolute atomic E-state index is 13.5. The van der Waals surface area contributed by atoms with E-state index in [-0.39, 0.29) is 5.75 Å². The van der Waals surface area contributed by atoms with Gasteiger partial charge in [0.05, 0.1) is 7.11 Å². The van der Waals surface area contributed by atoms with Crippen LogP contribution >= 0.6 is 0 Å². The Hall–Kier alpha value is -3.41. The van der Waals surface area contributed by atoms with Crippen molar-refractivity contribution < 1.29 is 9.13 Å². The number of anilines is 2. The first-order valence-corrected chi connectivity index (χ1v) is 7.75. The van der Waals surface area contributed by atoms with Gasteiger partial charge >= 0.3 is 0 Å². The molecule has 4 aromatic rings. The van der Waals surface area contributed by atoms with Crippen molar-refractivity contribution >= 4 is 22.7 Å². The van der Waals surface area contributed by atoms with E-state index in [2.05, 4.69) is 15.3 Å². The smallest absolute Gasteiger partial charge is 0.229 e. The molecule has 0 bridgehead atoms. The summed E-state index contributed by atoms with van der Waals surface area (Å²) in [6.07, 6.45) is 3.71. The summed E-state index contributed by atoms with van der Waals surface area (Å²) in [5, 5.41) is 4.02. The van der Waals surface area contributed by atoms with Crippen molar-refractivity contribution in [2.24, 2.45) is 0 Å². The average molecular weight is 334 g/mol. The van der Waals surface area contributed by atoms with Crippen LogP contribution in [-0.4, -0.2) is 21.6 Å². The number of rotatable bonds is 4. The zero-order valence-electron chi connectivity index (χ0n) is 13.5. The van der Waals surface area contributed by atoms with Crippen molar-refractivity contribution in [3.63, 3.8) is 0 Å². The molecule has 0 aliphatic heterocycles.